The summed E-state index contributed by atoms with van der Waals surface area (Å²) in [4.78, 5) is 24.6. The molecule has 0 spiro atoms. The van der Waals surface area contributed by atoms with Crippen molar-refractivity contribution in [2.75, 3.05) is 13.2 Å². The van der Waals surface area contributed by atoms with E-state index in [-0.39, 0.29) is 18.5 Å². The highest BCUT2D eigenvalue weighted by Crippen LogP contribution is 2.19. The van der Waals surface area contributed by atoms with E-state index in [4.69, 9.17) is 4.74 Å². The molecule has 6 heteroatoms. The van der Waals surface area contributed by atoms with E-state index >= 15 is 0 Å². The van der Waals surface area contributed by atoms with E-state index < -0.39 is 12.1 Å². The highest BCUT2D eigenvalue weighted by Gasteiger charge is 2.18. The molecule has 0 bridgehead atoms. The van der Waals surface area contributed by atoms with Gasteiger partial charge in [0.2, 0.25) is 5.91 Å². The van der Waals surface area contributed by atoms with Gasteiger partial charge in [-0.3, -0.25) is 9.59 Å². The number of nitrogens with one attached hydrogen (secondary N) is 1. The summed E-state index contributed by atoms with van der Waals surface area (Å²) in [5, 5.41) is 23.2. The van der Waals surface area contributed by atoms with Gasteiger partial charge in [-0.1, -0.05) is 353 Å². The van der Waals surface area contributed by atoms with Gasteiger partial charge in [-0.25, -0.2) is 0 Å². The lowest BCUT2D eigenvalue weighted by molar-refractivity contribution is -0.143. The summed E-state index contributed by atoms with van der Waals surface area (Å²) in [5.41, 5.74) is 0. The maximum atomic E-state index is 12.5. The molecule has 6 nitrogen and oxygen atoms in total. The van der Waals surface area contributed by atoms with Crippen LogP contribution in [0.5, 0.6) is 0 Å². The number of aliphatic hydroxyl groups excluding tert-OH is 2. The quantitative estimate of drug-likeness (QED) is 0.0320. The Morgan fingerprint density at radius 3 is 0.910 bits per heavy atom. The van der Waals surface area contributed by atoms with Crippen LogP contribution in [0.4, 0.5) is 0 Å². The van der Waals surface area contributed by atoms with Crippen LogP contribution in [0, 0.1) is 0 Å². The predicted molar refractivity (Wildman–Crippen MR) is 343 cm³/mol. The van der Waals surface area contributed by atoms with E-state index in [9.17, 15) is 19.8 Å². The first-order chi connectivity index (χ1) is 38.5. The molecule has 0 aliphatic heterocycles. The van der Waals surface area contributed by atoms with Crippen LogP contribution in [-0.4, -0.2) is 47.4 Å². The first-order valence-corrected chi connectivity index (χ1v) is 35.6. The average Bonchev–Trinajstić information content (AvgIpc) is 3.44. The molecule has 0 aromatic heterocycles. The molecular weight excluding hydrogens is 959 g/mol. The molecule has 0 aromatic carbocycles. The van der Waals surface area contributed by atoms with Gasteiger partial charge in [-0.2, -0.15) is 0 Å². The van der Waals surface area contributed by atoms with E-state index in [0.717, 1.165) is 44.9 Å². The number of carbonyl (C=O) groups is 2. The fraction of sp³-hybridized carbons (Fsp3) is 0.917. The molecule has 78 heavy (non-hydrogen) atoms. The minimum atomic E-state index is -0.850. The summed E-state index contributed by atoms with van der Waals surface area (Å²) < 4.78 is 5.50. The molecule has 2 unspecified atom stereocenters. The summed E-state index contributed by atoms with van der Waals surface area (Å²) >= 11 is 0. The number of hydrogen-bond acceptors (Lipinski definition) is 5. The smallest absolute Gasteiger partial charge is 0.305 e. The van der Waals surface area contributed by atoms with E-state index in [1.807, 2.05) is 6.08 Å². The Morgan fingerprint density at radius 2 is 0.603 bits per heavy atom. The standard InChI is InChI=1S/C72H139NO5/c1-3-5-7-9-11-13-15-17-19-21-22-23-26-29-33-36-40-44-48-52-56-60-64-70(75)69(68-74)73-71(76)65-61-57-53-49-45-41-37-34-30-27-24-25-28-31-35-39-43-47-51-55-59-63-67-78-72(77)66-62-58-54-50-46-42-38-32-20-18-16-14-12-10-8-6-4-2/h27,30,60,64,69-70,74-75H,3-26,28-29,31-59,61-63,65-68H2,1-2H3,(H,73,76)/b30-27-,64-60+. The third-order valence-corrected chi connectivity index (χ3v) is 16.7. The van der Waals surface area contributed by atoms with Gasteiger partial charge in [0.25, 0.3) is 0 Å². The molecule has 0 aliphatic rings. The highest BCUT2D eigenvalue weighted by atomic mass is 16.5. The van der Waals surface area contributed by atoms with Crippen molar-refractivity contribution < 1.29 is 24.5 Å². The summed E-state index contributed by atoms with van der Waals surface area (Å²) in [6, 6.07) is -0.634. The molecule has 1 amide bonds. The van der Waals surface area contributed by atoms with Gasteiger partial charge >= 0.3 is 5.97 Å². The zero-order valence-corrected chi connectivity index (χ0v) is 52.9. The van der Waals surface area contributed by atoms with Gasteiger partial charge in [0.05, 0.1) is 25.4 Å². The third kappa shape index (κ3) is 63.5. The molecule has 0 aromatic rings. The molecule has 0 rings (SSSR count). The van der Waals surface area contributed by atoms with Crippen LogP contribution in [0.25, 0.3) is 0 Å². The minimum Gasteiger partial charge on any atom is -0.466 e. The molecular formula is C72H139NO5. The van der Waals surface area contributed by atoms with Gasteiger partial charge in [0.15, 0.2) is 0 Å². The van der Waals surface area contributed by atoms with Gasteiger partial charge in [0, 0.05) is 12.8 Å². The predicted octanol–water partition coefficient (Wildman–Crippen LogP) is 22.9. The number of aliphatic hydroxyl groups is 2. The lowest BCUT2D eigenvalue weighted by atomic mass is 10.0. The second kappa shape index (κ2) is 67.8. The number of amides is 1. The molecule has 3 N–H and O–H groups in total. The van der Waals surface area contributed by atoms with Crippen molar-refractivity contribution in [2.24, 2.45) is 0 Å². The van der Waals surface area contributed by atoms with Gasteiger partial charge in [-0.15, -0.1) is 0 Å². The van der Waals surface area contributed by atoms with Crippen LogP contribution in [0.2, 0.25) is 0 Å². The first-order valence-electron chi connectivity index (χ1n) is 35.6. The molecule has 0 radical (unpaired) electrons. The van der Waals surface area contributed by atoms with Crippen LogP contribution in [0.3, 0.4) is 0 Å². The summed E-state index contributed by atoms with van der Waals surface area (Å²) in [7, 11) is 0. The zero-order chi connectivity index (χ0) is 56.4. The van der Waals surface area contributed by atoms with Gasteiger partial charge in [0.1, 0.15) is 0 Å². The maximum absolute atomic E-state index is 12.5. The van der Waals surface area contributed by atoms with E-state index in [2.05, 4.69) is 31.3 Å². The Balaban J connectivity index is 3.43. The Labute approximate surface area is 488 Å². The van der Waals surface area contributed by atoms with Crippen LogP contribution < -0.4 is 5.32 Å². The lowest BCUT2D eigenvalue weighted by Gasteiger charge is -2.20. The van der Waals surface area contributed by atoms with Crippen molar-refractivity contribution >= 4 is 11.9 Å². The summed E-state index contributed by atoms with van der Waals surface area (Å²) in [5.74, 6) is -0.0565. The minimum absolute atomic E-state index is 0.0143. The number of hydrogen-bond donors (Lipinski definition) is 3. The van der Waals surface area contributed by atoms with Crippen molar-refractivity contribution in [3.8, 4) is 0 Å². The van der Waals surface area contributed by atoms with Crippen molar-refractivity contribution in [3.05, 3.63) is 24.3 Å². The van der Waals surface area contributed by atoms with Crippen LogP contribution in [0.15, 0.2) is 24.3 Å². The molecule has 0 heterocycles. The second-order valence-corrected chi connectivity index (χ2v) is 24.6. The summed E-state index contributed by atoms with van der Waals surface area (Å²) in [6.45, 7) is 4.94. The fourth-order valence-electron chi connectivity index (χ4n) is 11.3. The maximum Gasteiger partial charge on any atom is 0.305 e. The SMILES string of the molecule is CCCCCCCCCCCCCCCCCCCCCC/C=C/C(O)C(CO)NC(=O)CCCCCCCCC/C=C\CCCCCCCCCCCCCOC(=O)CCCCCCCCCCCCCCCCCCC. The molecule has 0 aliphatic carbocycles. The number of rotatable bonds is 67. The Kier molecular flexibility index (Phi) is 66.4. The third-order valence-electron chi connectivity index (χ3n) is 16.7. The molecule has 0 fully saturated rings. The monoisotopic (exact) mass is 1100 g/mol. The molecule has 462 valence electrons. The Bertz CT molecular complexity index is 1220. The number of allylic oxidation sites excluding steroid dienone is 3. The molecule has 0 saturated heterocycles. The zero-order valence-electron chi connectivity index (χ0n) is 52.9. The second-order valence-electron chi connectivity index (χ2n) is 24.6. The van der Waals surface area contributed by atoms with Crippen LogP contribution in [0.1, 0.15) is 399 Å². The van der Waals surface area contributed by atoms with Crippen molar-refractivity contribution in [1.29, 1.82) is 0 Å². The lowest BCUT2D eigenvalue weighted by Crippen LogP contribution is -2.45. The largest absolute Gasteiger partial charge is 0.466 e. The van der Waals surface area contributed by atoms with Crippen molar-refractivity contribution in [2.45, 2.75) is 411 Å². The van der Waals surface area contributed by atoms with E-state index in [1.54, 1.807) is 6.08 Å². The summed E-state index contributed by atoms with van der Waals surface area (Å²) in [6.07, 6.45) is 85.4. The molecule has 2 atom stereocenters. The number of unbranched alkanes of at least 4 members (excludes halogenated alkanes) is 54. The van der Waals surface area contributed by atoms with Gasteiger partial charge < -0.3 is 20.3 Å². The van der Waals surface area contributed by atoms with Gasteiger partial charge in [-0.05, 0) is 57.8 Å². The van der Waals surface area contributed by atoms with E-state index in [1.165, 1.54) is 327 Å². The van der Waals surface area contributed by atoms with Crippen molar-refractivity contribution in [3.63, 3.8) is 0 Å². The Morgan fingerprint density at radius 1 is 0.346 bits per heavy atom. The average molecular weight is 1100 g/mol. The van der Waals surface area contributed by atoms with E-state index in [0.29, 0.717) is 19.4 Å². The number of esters is 1. The molecule has 0 saturated carbocycles. The number of ether oxygens (including phenoxy) is 1. The topological polar surface area (TPSA) is 95.9 Å². The van der Waals surface area contributed by atoms with Crippen LogP contribution >= 0.6 is 0 Å². The first kappa shape index (κ1) is 76.3. The highest BCUT2D eigenvalue weighted by molar-refractivity contribution is 5.76. The van der Waals surface area contributed by atoms with Crippen molar-refractivity contribution in [1.82, 2.24) is 5.32 Å². The van der Waals surface area contributed by atoms with Crippen LogP contribution in [-0.2, 0) is 14.3 Å². The number of carbonyl (C=O) groups excluding carboxylic acids is 2. The Hall–Kier alpha value is -1.66. The normalized spacial score (nSPS) is 12.6. The fourth-order valence-corrected chi connectivity index (χ4v) is 11.3.